The molecule has 0 bridgehead atoms. The first-order valence-electron chi connectivity index (χ1n) is 10.1. The fourth-order valence-electron chi connectivity index (χ4n) is 3.63. The van der Waals surface area contributed by atoms with Crippen LogP contribution < -0.4 is 4.90 Å². The zero-order valence-corrected chi connectivity index (χ0v) is 17.8. The van der Waals surface area contributed by atoms with E-state index in [9.17, 15) is 9.59 Å². The van der Waals surface area contributed by atoms with Gasteiger partial charge in [-0.15, -0.1) is 0 Å². The molecule has 0 N–H and O–H groups in total. The summed E-state index contributed by atoms with van der Waals surface area (Å²) in [6.45, 7) is 9.78. The highest BCUT2D eigenvalue weighted by atomic mass is 35.5. The molecule has 2 saturated heterocycles. The Morgan fingerprint density at radius 3 is 2.14 bits per heavy atom. The van der Waals surface area contributed by atoms with E-state index in [2.05, 4.69) is 4.90 Å². The molecule has 154 valence electrons. The number of amides is 2. The van der Waals surface area contributed by atoms with Crippen LogP contribution >= 0.6 is 11.6 Å². The SMILES string of the molecule is CC(C)(C)OC(=O)N1CCN(c2ccc(C(=O)N3CCCCC3)cc2Cl)CC1. The summed E-state index contributed by atoms with van der Waals surface area (Å²) in [5.41, 5.74) is 1.05. The summed E-state index contributed by atoms with van der Waals surface area (Å²) in [4.78, 5) is 30.7. The summed E-state index contributed by atoms with van der Waals surface area (Å²) >= 11 is 6.51. The lowest BCUT2D eigenvalue weighted by molar-refractivity contribution is 0.0240. The van der Waals surface area contributed by atoms with E-state index in [-0.39, 0.29) is 12.0 Å². The maximum atomic E-state index is 12.7. The summed E-state index contributed by atoms with van der Waals surface area (Å²) in [6.07, 6.45) is 3.05. The highest BCUT2D eigenvalue weighted by Gasteiger charge is 2.27. The summed E-state index contributed by atoms with van der Waals surface area (Å²) in [6, 6.07) is 5.55. The number of carbonyl (C=O) groups is 2. The first-order valence-corrected chi connectivity index (χ1v) is 10.4. The maximum absolute atomic E-state index is 12.7. The zero-order chi connectivity index (χ0) is 20.3. The summed E-state index contributed by atoms with van der Waals surface area (Å²) in [5, 5.41) is 0.577. The molecule has 6 nitrogen and oxygen atoms in total. The lowest BCUT2D eigenvalue weighted by atomic mass is 10.1. The van der Waals surface area contributed by atoms with E-state index in [4.69, 9.17) is 16.3 Å². The minimum absolute atomic E-state index is 0.0582. The third-order valence-corrected chi connectivity index (χ3v) is 5.41. The van der Waals surface area contributed by atoms with Crippen molar-refractivity contribution < 1.29 is 14.3 Å². The standard InChI is InChI=1S/C21H30ClN3O3/c1-21(2,3)28-20(27)25-13-11-23(12-14-25)18-8-7-16(15-17(18)22)19(26)24-9-5-4-6-10-24/h7-8,15H,4-6,9-14H2,1-3H3. The van der Waals surface area contributed by atoms with Crippen molar-refractivity contribution >= 4 is 29.3 Å². The largest absolute Gasteiger partial charge is 0.444 e. The second-order valence-electron chi connectivity index (χ2n) is 8.47. The number of anilines is 1. The molecule has 28 heavy (non-hydrogen) atoms. The van der Waals surface area contributed by atoms with Crippen LogP contribution in [0.4, 0.5) is 10.5 Å². The topological polar surface area (TPSA) is 53.1 Å². The van der Waals surface area contributed by atoms with E-state index in [1.54, 1.807) is 11.0 Å². The highest BCUT2D eigenvalue weighted by Crippen LogP contribution is 2.29. The molecule has 7 heteroatoms. The molecule has 2 fully saturated rings. The predicted molar refractivity (Wildman–Crippen MR) is 111 cm³/mol. The number of halogens is 1. The number of carbonyl (C=O) groups excluding carboxylic acids is 2. The van der Waals surface area contributed by atoms with Crippen molar-refractivity contribution in [3.05, 3.63) is 28.8 Å². The van der Waals surface area contributed by atoms with Crippen LogP contribution in [0.3, 0.4) is 0 Å². The monoisotopic (exact) mass is 407 g/mol. The van der Waals surface area contributed by atoms with Gasteiger partial charge in [0, 0.05) is 44.8 Å². The molecule has 0 spiro atoms. The number of hydrogen-bond donors (Lipinski definition) is 0. The first kappa shape index (κ1) is 20.8. The van der Waals surface area contributed by atoms with E-state index < -0.39 is 5.60 Å². The van der Waals surface area contributed by atoms with Gasteiger partial charge in [0.2, 0.25) is 0 Å². The number of hydrogen-bond acceptors (Lipinski definition) is 4. The van der Waals surface area contributed by atoms with Crippen molar-refractivity contribution in [2.45, 2.75) is 45.6 Å². The first-order chi connectivity index (χ1) is 13.2. The number of likely N-dealkylation sites (tertiary alicyclic amines) is 1. The minimum Gasteiger partial charge on any atom is -0.444 e. The van der Waals surface area contributed by atoms with Crippen molar-refractivity contribution in [2.24, 2.45) is 0 Å². The van der Waals surface area contributed by atoms with Gasteiger partial charge in [-0.05, 0) is 58.2 Å². The average Bonchev–Trinajstić information content (AvgIpc) is 2.67. The number of rotatable bonds is 2. The Balaban J connectivity index is 1.61. The molecule has 0 unspecified atom stereocenters. The Morgan fingerprint density at radius 1 is 0.929 bits per heavy atom. The Bertz CT molecular complexity index is 718. The third kappa shape index (κ3) is 5.10. The van der Waals surface area contributed by atoms with Crippen LogP contribution in [0.5, 0.6) is 0 Å². The molecule has 0 saturated carbocycles. The normalized spacial score (nSPS) is 18.2. The molecular formula is C21H30ClN3O3. The van der Waals surface area contributed by atoms with Gasteiger partial charge in [-0.3, -0.25) is 4.79 Å². The molecule has 0 radical (unpaired) electrons. The van der Waals surface area contributed by atoms with Crippen LogP contribution in [0.2, 0.25) is 5.02 Å². The lowest BCUT2D eigenvalue weighted by Crippen LogP contribution is -2.50. The van der Waals surface area contributed by atoms with E-state index in [1.165, 1.54) is 6.42 Å². The molecule has 2 aliphatic rings. The van der Waals surface area contributed by atoms with E-state index in [0.717, 1.165) is 31.6 Å². The summed E-state index contributed by atoms with van der Waals surface area (Å²) < 4.78 is 5.44. The molecule has 0 aromatic heterocycles. The van der Waals surface area contributed by atoms with Gasteiger partial charge in [-0.1, -0.05) is 11.6 Å². The molecule has 1 aromatic rings. The van der Waals surface area contributed by atoms with Crippen molar-refractivity contribution in [3.63, 3.8) is 0 Å². The zero-order valence-electron chi connectivity index (χ0n) is 17.0. The maximum Gasteiger partial charge on any atom is 0.410 e. The smallest absolute Gasteiger partial charge is 0.410 e. The summed E-state index contributed by atoms with van der Waals surface area (Å²) in [7, 11) is 0. The van der Waals surface area contributed by atoms with Gasteiger partial charge in [0.15, 0.2) is 0 Å². The number of benzene rings is 1. The Morgan fingerprint density at radius 2 is 1.57 bits per heavy atom. The predicted octanol–water partition coefficient (Wildman–Crippen LogP) is 4.02. The Labute approximate surface area is 172 Å². The van der Waals surface area contributed by atoms with E-state index in [1.807, 2.05) is 37.8 Å². The van der Waals surface area contributed by atoms with Crippen molar-refractivity contribution in [1.29, 1.82) is 0 Å². The van der Waals surface area contributed by atoms with Gasteiger partial charge in [0.25, 0.3) is 5.91 Å². The molecule has 2 heterocycles. The van der Waals surface area contributed by atoms with Gasteiger partial charge in [-0.25, -0.2) is 4.79 Å². The number of piperidine rings is 1. The van der Waals surface area contributed by atoms with Gasteiger partial charge in [0.05, 0.1) is 10.7 Å². The van der Waals surface area contributed by atoms with Gasteiger partial charge < -0.3 is 19.4 Å². The Hall–Kier alpha value is -1.95. The number of piperazine rings is 1. The number of ether oxygens (including phenoxy) is 1. The van der Waals surface area contributed by atoms with Crippen molar-refractivity contribution in [1.82, 2.24) is 9.80 Å². The lowest BCUT2D eigenvalue weighted by Gasteiger charge is -2.37. The van der Waals surface area contributed by atoms with Gasteiger partial charge >= 0.3 is 6.09 Å². The highest BCUT2D eigenvalue weighted by molar-refractivity contribution is 6.33. The molecule has 0 aliphatic carbocycles. The quantitative estimate of drug-likeness (QED) is 0.742. The van der Waals surface area contributed by atoms with Crippen LogP contribution in [0.1, 0.15) is 50.4 Å². The van der Waals surface area contributed by atoms with Gasteiger partial charge in [0.1, 0.15) is 5.60 Å². The molecule has 2 amide bonds. The number of nitrogens with zero attached hydrogens (tertiary/aromatic N) is 3. The third-order valence-electron chi connectivity index (χ3n) is 5.11. The summed E-state index contributed by atoms with van der Waals surface area (Å²) in [5.74, 6) is 0.0582. The fraction of sp³-hybridized carbons (Fsp3) is 0.619. The van der Waals surface area contributed by atoms with Crippen LogP contribution in [-0.4, -0.2) is 66.7 Å². The second-order valence-corrected chi connectivity index (χ2v) is 8.88. The van der Waals surface area contributed by atoms with E-state index in [0.29, 0.717) is 36.8 Å². The minimum atomic E-state index is -0.492. The van der Waals surface area contributed by atoms with E-state index >= 15 is 0 Å². The molecular weight excluding hydrogens is 378 g/mol. The van der Waals surface area contributed by atoms with Gasteiger partial charge in [-0.2, -0.15) is 0 Å². The second kappa shape index (κ2) is 8.60. The fourth-order valence-corrected chi connectivity index (χ4v) is 3.93. The molecule has 3 rings (SSSR count). The van der Waals surface area contributed by atoms with Crippen LogP contribution in [-0.2, 0) is 4.74 Å². The van der Waals surface area contributed by atoms with Crippen molar-refractivity contribution in [2.75, 3.05) is 44.2 Å². The molecule has 0 atom stereocenters. The van der Waals surface area contributed by atoms with Crippen molar-refractivity contribution in [3.8, 4) is 0 Å². The average molecular weight is 408 g/mol. The van der Waals surface area contributed by atoms with Crippen LogP contribution in [0.25, 0.3) is 0 Å². The Kier molecular flexibility index (Phi) is 6.38. The van der Waals surface area contributed by atoms with Crippen LogP contribution in [0.15, 0.2) is 18.2 Å². The van der Waals surface area contributed by atoms with Crippen LogP contribution in [0, 0.1) is 0 Å². The molecule has 1 aromatic carbocycles. The molecule has 2 aliphatic heterocycles.